The summed E-state index contributed by atoms with van der Waals surface area (Å²) in [5.41, 5.74) is 2.68. The molecule has 0 saturated heterocycles. The van der Waals surface area contributed by atoms with Gasteiger partial charge in [0.25, 0.3) is 5.91 Å². The maximum Gasteiger partial charge on any atom is 0.275 e. The van der Waals surface area contributed by atoms with Gasteiger partial charge in [-0.25, -0.2) is 4.98 Å². The van der Waals surface area contributed by atoms with Gasteiger partial charge in [-0.3, -0.25) is 4.79 Å². The third-order valence-corrected chi connectivity index (χ3v) is 4.26. The highest BCUT2D eigenvalue weighted by molar-refractivity contribution is 7.09. The van der Waals surface area contributed by atoms with Crippen LogP contribution in [0.5, 0.6) is 5.75 Å². The van der Waals surface area contributed by atoms with Crippen molar-refractivity contribution in [1.29, 1.82) is 5.26 Å². The second-order valence-corrected chi connectivity index (χ2v) is 6.31. The summed E-state index contributed by atoms with van der Waals surface area (Å²) in [6.45, 7) is 2.33. The highest BCUT2D eigenvalue weighted by Gasteiger charge is 2.11. The summed E-state index contributed by atoms with van der Waals surface area (Å²) in [6.07, 6.45) is 0. The Balaban J connectivity index is 1.59. The second kappa shape index (κ2) is 7.60. The molecule has 3 aromatic rings. The van der Waals surface area contributed by atoms with Crippen LogP contribution in [0.4, 0.5) is 5.69 Å². The molecule has 1 aromatic heterocycles. The average molecular weight is 349 g/mol. The predicted molar refractivity (Wildman–Crippen MR) is 96.7 cm³/mol. The lowest BCUT2D eigenvalue weighted by molar-refractivity contribution is 0.102. The third kappa shape index (κ3) is 4.43. The molecule has 1 heterocycles. The van der Waals surface area contributed by atoms with Crippen LogP contribution in [-0.2, 0) is 6.61 Å². The van der Waals surface area contributed by atoms with Gasteiger partial charge in [0.05, 0.1) is 11.6 Å². The lowest BCUT2D eigenvalue weighted by atomic mass is 10.2. The number of aryl methyl sites for hydroxylation is 1. The number of aromatic nitrogens is 1. The van der Waals surface area contributed by atoms with Crippen LogP contribution in [0.25, 0.3) is 0 Å². The van der Waals surface area contributed by atoms with Crippen molar-refractivity contribution in [3.63, 3.8) is 0 Å². The molecule has 0 unspecified atom stereocenters. The Bertz CT molecular complexity index is 909. The first-order chi connectivity index (χ1) is 12.1. The van der Waals surface area contributed by atoms with Gasteiger partial charge in [0.1, 0.15) is 23.1 Å². The van der Waals surface area contributed by atoms with Crippen molar-refractivity contribution in [2.75, 3.05) is 5.32 Å². The van der Waals surface area contributed by atoms with Gasteiger partial charge in [-0.15, -0.1) is 11.3 Å². The summed E-state index contributed by atoms with van der Waals surface area (Å²) in [4.78, 5) is 16.5. The second-order valence-electron chi connectivity index (χ2n) is 5.37. The molecular formula is C19H15N3O2S. The number of nitriles is 1. The largest absolute Gasteiger partial charge is 0.486 e. The van der Waals surface area contributed by atoms with Crippen molar-refractivity contribution in [2.45, 2.75) is 13.5 Å². The quantitative estimate of drug-likeness (QED) is 0.751. The van der Waals surface area contributed by atoms with Crippen LogP contribution in [0.2, 0.25) is 0 Å². The summed E-state index contributed by atoms with van der Waals surface area (Å²) < 4.78 is 5.67. The molecular weight excluding hydrogens is 334 g/mol. The van der Waals surface area contributed by atoms with Crippen LogP contribution in [0.15, 0.2) is 53.9 Å². The van der Waals surface area contributed by atoms with E-state index in [0.29, 0.717) is 23.6 Å². The zero-order chi connectivity index (χ0) is 17.6. The van der Waals surface area contributed by atoms with E-state index in [1.54, 1.807) is 29.6 Å². The molecule has 3 rings (SSSR count). The Morgan fingerprint density at radius 3 is 2.60 bits per heavy atom. The Morgan fingerprint density at radius 1 is 1.20 bits per heavy atom. The minimum absolute atomic E-state index is 0.289. The van der Waals surface area contributed by atoms with Crippen LogP contribution in [0.1, 0.15) is 26.6 Å². The van der Waals surface area contributed by atoms with Crippen molar-refractivity contribution in [3.05, 3.63) is 75.7 Å². The summed E-state index contributed by atoms with van der Waals surface area (Å²) >= 11 is 1.38. The molecule has 0 aliphatic rings. The summed E-state index contributed by atoms with van der Waals surface area (Å²) in [7, 11) is 0. The Morgan fingerprint density at radius 2 is 1.92 bits per heavy atom. The maximum atomic E-state index is 12.2. The summed E-state index contributed by atoms with van der Waals surface area (Å²) in [5, 5.41) is 14.0. The van der Waals surface area contributed by atoms with Crippen molar-refractivity contribution >= 4 is 22.9 Å². The number of ether oxygens (including phenoxy) is 1. The molecule has 0 aliphatic carbocycles. The van der Waals surface area contributed by atoms with E-state index >= 15 is 0 Å². The van der Waals surface area contributed by atoms with E-state index in [1.807, 2.05) is 37.3 Å². The van der Waals surface area contributed by atoms with E-state index in [1.165, 1.54) is 16.9 Å². The fraction of sp³-hybridized carbons (Fsp3) is 0.105. The molecule has 0 bridgehead atoms. The molecule has 0 saturated carbocycles. The minimum Gasteiger partial charge on any atom is -0.486 e. The molecule has 5 nitrogen and oxygen atoms in total. The number of carbonyl (C=O) groups is 1. The SMILES string of the molecule is Cc1ccc(OCc2nc(C(=O)Nc3ccc(C#N)cc3)cs2)cc1. The molecule has 0 fully saturated rings. The van der Waals surface area contributed by atoms with E-state index < -0.39 is 0 Å². The van der Waals surface area contributed by atoms with E-state index in [2.05, 4.69) is 10.3 Å². The summed E-state index contributed by atoms with van der Waals surface area (Å²) in [6, 6.07) is 16.5. The number of benzene rings is 2. The fourth-order valence-electron chi connectivity index (χ4n) is 2.08. The Kier molecular flexibility index (Phi) is 5.07. The highest BCUT2D eigenvalue weighted by Crippen LogP contribution is 2.17. The van der Waals surface area contributed by atoms with Crippen LogP contribution >= 0.6 is 11.3 Å². The molecule has 0 radical (unpaired) electrons. The number of nitrogens with zero attached hydrogens (tertiary/aromatic N) is 2. The number of amides is 1. The van der Waals surface area contributed by atoms with Gasteiger partial charge in [-0.2, -0.15) is 5.26 Å². The first-order valence-electron chi connectivity index (χ1n) is 7.59. The van der Waals surface area contributed by atoms with Crippen LogP contribution in [0, 0.1) is 18.3 Å². The van der Waals surface area contributed by atoms with E-state index in [-0.39, 0.29) is 5.91 Å². The first-order valence-corrected chi connectivity index (χ1v) is 8.47. The van der Waals surface area contributed by atoms with Gasteiger partial charge < -0.3 is 10.1 Å². The van der Waals surface area contributed by atoms with Crippen molar-refractivity contribution in [3.8, 4) is 11.8 Å². The lowest BCUT2D eigenvalue weighted by Crippen LogP contribution is -2.12. The topological polar surface area (TPSA) is 75.0 Å². The molecule has 25 heavy (non-hydrogen) atoms. The standard InChI is InChI=1S/C19H15N3O2S/c1-13-2-8-16(9-3-13)24-11-18-22-17(12-25-18)19(23)21-15-6-4-14(10-20)5-7-15/h2-9,12H,11H2,1H3,(H,21,23). The molecule has 0 atom stereocenters. The van der Waals surface area contributed by atoms with Gasteiger partial charge in [0, 0.05) is 11.1 Å². The van der Waals surface area contributed by atoms with Gasteiger partial charge >= 0.3 is 0 Å². The number of rotatable bonds is 5. The Hall–Kier alpha value is -3.17. The maximum absolute atomic E-state index is 12.2. The zero-order valence-corrected chi connectivity index (χ0v) is 14.3. The molecule has 6 heteroatoms. The monoisotopic (exact) mass is 349 g/mol. The van der Waals surface area contributed by atoms with Crippen molar-refractivity contribution in [1.82, 2.24) is 4.98 Å². The molecule has 2 aromatic carbocycles. The Labute approximate surface area is 149 Å². The van der Waals surface area contributed by atoms with Crippen molar-refractivity contribution in [2.24, 2.45) is 0 Å². The molecule has 0 aliphatic heterocycles. The number of hydrogen-bond acceptors (Lipinski definition) is 5. The fourth-order valence-corrected chi connectivity index (χ4v) is 2.77. The molecule has 0 spiro atoms. The van der Waals surface area contributed by atoms with Gasteiger partial charge in [0.2, 0.25) is 0 Å². The normalized spacial score (nSPS) is 10.1. The molecule has 1 amide bonds. The van der Waals surface area contributed by atoms with Crippen LogP contribution in [0.3, 0.4) is 0 Å². The van der Waals surface area contributed by atoms with Gasteiger partial charge in [-0.05, 0) is 43.3 Å². The van der Waals surface area contributed by atoms with Gasteiger partial charge in [-0.1, -0.05) is 17.7 Å². The number of carbonyl (C=O) groups excluding carboxylic acids is 1. The lowest BCUT2D eigenvalue weighted by Gasteiger charge is -2.04. The van der Waals surface area contributed by atoms with Crippen LogP contribution in [-0.4, -0.2) is 10.9 Å². The molecule has 1 N–H and O–H groups in total. The highest BCUT2D eigenvalue weighted by atomic mass is 32.1. The average Bonchev–Trinajstić information content (AvgIpc) is 3.11. The number of thiazole rings is 1. The van der Waals surface area contributed by atoms with E-state index in [9.17, 15) is 4.79 Å². The zero-order valence-electron chi connectivity index (χ0n) is 13.5. The predicted octanol–water partition coefficient (Wildman–Crippen LogP) is 4.15. The van der Waals surface area contributed by atoms with Gasteiger partial charge in [0.15, 0.2) is 0 Å². The molecule has 124 valence electrons. The summed E-state index contributed by atoms with van der Waals surface area (Å²) in [5.74, 6) is 0.479. The smallest absolute Gasteiger partial charge is 0.275 e. The third-order valence-electron chi connectivity index (χ3n) is 3.44. The minimum atomic E-state index is -0.289. The number of nitrogens with one attached hydrogen (secondary N) is 1. The van der Waals surface area contributed by atoms with E-state index in [4.69, 9.17) is 10.00 Å². The van der Waals surface area contributed by atoms with Crippen molar-refractivity contribution < 1.29 is 9.53 Å². The number of hydrogen-bond donors (Lipinski definition) is 1. The van der Waals surface area contributed by atoms with Crippen LogP contribution < -0.4 is 10.1 Å². The number of anilines is 1. The first kappa shape index (κ1) is 16.7. The van der Waals surface area contributed by atoms with E-state index in [0.717, 1.165) is 10.8 Å².